The van der Waals surface area contributed by atoms with Gasteiger partial charge in [-0.1, -0.05) is 47.5 Å². The number of hydrogen-bond acceptors (Lipinski definition) is 6. The Hall–Kier alpha value is -2.93. The van der Waals surface area contributed by atoms with Gasteiger partial charge in [0.25, 0.3) is 0 Å². The Morgan fingerprint density at radius 2 is 1.97 bits per heavy atom. The number of aromatic nitrogens is 2. The Morgan fingerprint density at radius 3 is 2.80 bits per heavy atom. The fourth-order valence-corrected chi connectivity index (χ4v) is 4.03. The van der Waals surface area contributed by atoms with E-state index in [-0.39, 0.29) is 6.61 Å². The molecule has 0 amide bonds. The molecule has 0 saturated carbocycles. The monoisotopic (exact) mass is 437 g/mol. The van der Waals surface area contributed by atoms with Gasteiger partial charge < -0.3 is 15.3 Å². The van der Waals surface area contributed by atoms with E-state index < -0.39 is 0 Å². The summed E-state index contributed by atoms with van der Waals surface area (Å²) in [5, 5.41) is 13.7. The minimum atomic E-state index is -0.0693. The van der Waals surface area contributed by atoms with Gasteiger partial charge in [-0.3, -0.25) is 4.99 Å². The molecular formula is C22H17Cl2N5O. The third kappa shape index (κ3) is 3.33. The third-order valence-corrected chi connectivity index (χ3v) is 5.72. The van der Waals surface area contributed by atoms with Crippen LogP contribution in [0.5, 0.6) is 0 Å². The molecule has 0 aliphatic carbocycles. The van der Waals surface area contributed by atoms with Gasteiger partial charge in [0.15, 0.2) is 0 Å². The zero-order valence-electron chi connectivity index (χ0n) is 15.8. The number of nitrogens with zero attached hydrogens (tertiary/aromatic N) is 4. The molecule has 0 spiro atoms. The van der Waals surface area contributed by atoms with Crippen molar-refractivity contribution in [2.24, 2.45) is 4.99 Å². The molecule has 8 heteroatoms. The van der Waals surface area contributed by atoms with Crippen molar-refractivity contribution in [1.29, 1.82) is 0 Å². The van der Waals surface area contributed by atoms with Crippen molar-refractivity contribution in [3.8, 4) is 0 Å². The highest BCUT2D eigenvalue weighted by Gasteiger charge is 2.31. The molecule has 2 aliphatic heterocycles. The minimum absolute atomic E-state index is 0.0693. The molecule has 0 atom stereocenters. The topological polar surface area (TPSA) is 73.6 Å². The molecule has 150 valence electrons. The van der Waals surface area contributed by atoms with Gasteiger partial charge in [-0.05, 0) is 29.8 Å². The van der Waals surface area contributed by atoms with Crippen LogP contribution < -0.4 is 10.2 Å². The lowest BCUT2D eigenvalue weighted by Gasteiger charge is -2.28. The van der Waals surface area contributed by atoms with Gasteiger partial charge >= 0.3 is 0 Å². The smallest absolute Gasteiger partial charge is 0.229 e. The van der Waals surface area contributed by atoms with Crippen molar-refractivity contribution in [3.63, 3.8) is 0 Å². The Morgan fingerprint density at radius 1 is 1.10 bits per heavy atom. The van der Waals surface area contributed by atoms with Gasteiger partial charge in [-0.15, -0.1) is 0 Å². The summed E-state index contributed by atoms with van der Waals surface area (Å²) in [5.74, 6) is 2.07. The number of halogens is 2. The summed E-state index contributed by atoms with van der Waals surface area (Å²) in [4.78, 5) is 16.0. The molecule has 1 aromatic heterocycles. The fourth-order valence-electron chi connectivity index (χ4n) is 3.63. The lowest BCUT2D eigenvalue weighted by molar-refractivity contribution is 0.282. The average molecular weight is 438 g/mol. The summed E-state index contributed by atoms with van der Waals surface area (Å²) in [6.07, 6.45) is 3.81. The highest BCUT2D eigenvalue weighted by atomic mass is 35.5. The molecule has 0 unspecified atom stereocenters. The second kappa shape index (κ2) is 7.72. The zero-order valence-corrected chi connectivity index (χ0v) is 17.3. The average Bonchev–Trinajstić information content (AvgIpc) is 3.26. The quantitative estimate of drug-likeness (QED) is 0.613. The number of amidine groups is 1. The number of nitrogens with one attached hydrogen (secondary N) is 1. The number of aliphatic hydroxyl groups excluding tert-OH is 1. The van der Waals surface area contributed by atoms with E-state index in [4.69, 9.17) is 33.2 Å². The number of benzene rings is 2. The molecule has 5 rings (SSSR count). The van der Waals surface area contributed by atoms with Crippen molar-refractivity contribution in [3.05, 3.63) is 75.4 Å². The van der Waals surface area contributed by atoms with E-state index in [9.17, 15) is 5.11 Å². The Balaban J connectivity index is 1.55. The van der Waals surface area contributed by atoms with Crippen LogP contribution in [-0.2, 0) is 6.61 Å². The predicted octanol–water partition coefficient (Wildman–Crippen LogP) is 4.79. The number of anilines is 3. The van der Waals surface area contributed by atoms with Gasteiger partial charge in [-0.2, -0.15) is 4.98 Å². The molecule has 30 heavy (non-hydrogen) atoms. The SMILES string of the molecule is OCc1ccc(Cl)c(Nc2ncc3c(n2)N2CCN=C2C(c2ccccc2Cl)=C3)c1. The second-order valence-electron chi connectivity index (χ2n) is 6.96. The van der Waals surface area contributed by atoms with Crippen molar-refractivity contribution in [2.75, 3.05) is 23.3 Å². The highest BCUT2D eigenvalue weighted by molar-refractivity contribution is 6.40. The summed E-state index contributed by atoms with van der Waals surface area (Å²) < 4.78 is 0. The Labute approximate surface area is 183 Å². The van der Waals surface area contributed by atoms with E-state index in [1.54, 1.807) is 24.4 Å². The molecule has 2 aromatic carbocycles. The van der Waals surface area contributed by atoms with Crippen LogP contribution >= 0.6 is 23.2 Å². The Kier molecular flexibility index (Phi) is 4.90. The van der Waals surface area contributed by atoms with E-state index in [2.05, 4.69) is 15.2 Å². The molecule has 2 aliphatic rings. The van der Waals surface area contributed by atoms with Crippen molar-refractivity contribution in [1.82, 2.24) is 9.97 Å². The Bertz CT molecular complexity index is 1210. The maximum absolute atomic E-state index is 9.38. The summed E-state index contributed by atoms with van der Waals surface area (Å²) in [6.45, 7) is 1.36. The fraction of sp³-hybridized carbons (Fsp3) is 0.136. The van der Waals surface area contributed by atoms with Gasteiger partial charge in [-0.25, -0.2) is 4.98 Å². The standard InChI is InChI=1S/C22H17Cl2N5O/c23-17-4-2-1-3-15(17)16-10-14-11-26-22(28-20(14)29-8-7-25-21(16)29)27-19-9-13(12-30)5-6-18(19)24/h1-6,9-11,30H,7-8,12H2,(H,26,27,28). The number of hydrogen-bond donors (Lipinski definition) is 2. The first kappa shape index (κ1) is 19.1. The van der Waals surface area contributed by atoms with Crippen LogP contribution in [0.25, 0.3) is 11.6 Å². The maximum atomic E-state index is 9.38. The van der Waals surface area contributed by atoms with Crippen LogP contribution in [-0.4, -0.2) is 34.0 Å². The van der Waals surface area contributed by atoms with E-state index in [1.807, 2.05) is 30.3 Å². The molecule has 0 bridgehead atoms. The van der Waals surface area contributed by atoms with Gasteiger partial charge in [0.1, 0.15) is 11.7 Å². The van der Waals surface area contributed by atoms with E-state index in [1.165, 1.54) is 0 Å². The summed E-state index contributed by atoms with van der Waals surface area (Å²) >= 11 is 12.7. The highest BCUT2D eigenvalue weighted by Crippen LogP contribution is 2.37. The summed E-state index contributed by atoms with van der Waals surface area (Å²) in [6, 6.07) is 13.0. The van der Waals surface area contributed by atoms with E-state index >= 15 is 0 Å². The normalized spacial score (nSPS) is 14.7. The van der Waals surface area contributed by atoms with Crippen LogP contribution in [0.2, 0.25) is 10.0 Å². The molecule has 3 aromatic rings. The van der Waals surface area contributed by atoms with Gasteiger partial charge in [0.05, 0.1) is 23.9 Å². The van der Waals surface area contributed by atoms with Crippen LogP contribution in [0.4, 0.5) is 17.5 Å². The van der Waals surface area contributed by atoms with Crippen LogP contribution in [0.3, 0.4) is 0 Å². The van der Waals surface area contributed by atoms with Crippen molar-refractivity contribution in [2.45, 2.75) is 6.61 Å². The largest absolute Gasteiger partial charge is 0.392 e. The molecule has 3 heterocycles. The van der Waals surface area contributed by atoms with Crippen molar-refractivity contribution >= 4 is 58.1 Å². The number of rotatable bonds is 4. The van der Waals surface area contributed by atoms with Gasteiger partial charge in [0, 0.05) is 34.5 Å². The first-order valence-corrected chi connectivity index (χ1v) is 10.2. The van der Waals surface area contributed by atoms with Crippen LogP contribution in [0.1, 0.15) is 16.7 Å². The molecule has 6 nitrogen and oxygen atoms in total. The summed E-state index contributed by atoms with van der Waals surface area (Å²) in [5.41, 5.74) is 4.19. The van der Waals surface area contributed by atoms with Crippen LogP contribution in [0.15, 0.2) is 53.7 Å². The van der Waals surface area contributed by atoms with Gasteiger partial charge in [0.2, 0.25) is 5.95 Å². The maximum Gasteiger partial charge on any atom is 0.229 e. The van der Waals surface area contributed by atoms with Crippen LogP contribution in [0, 0.1) is 0 Å². The minimum Gasteiger partial charge on any atom is -0.392 e. The first-order chi connectivity index (χ1) is 14.6. The molecule has 0 radical (unpaired) electrons. The zero-order chi connectivity index (χ0) is 20.7. The molecule has 2 N–H and O–H groups in total. The van der Waals surface area contributed by atoms with Crippen molar-refractivity contribution < 1.29 is 5.11 Å². The number of fused-ring (bicyclic) bond motifs is 3. The predicted molar refractivity (Wildman–Crippen MR) is 122 cm³/mol. The lowest BCUT2D eigenvalue weighted by atomic mass is 9.98. The second-order valence-corrected chi connectivity index (χ2v) is 7.78. The lowest BCUT2D eigenvalue weighted by Crippen LogP contribution is -2.32. The molecule has 0 saturated heterocycles. The van der Waals surface area contributed by atoms with E-state index in [0.29, 0.717) is 28.2 Å². The number of aliphatic imine (C=N–C) groups is 1. The first-order valence-electron chi connectivity index (χ1n) is 9.46. The summed E-state index contributed by atoms with van der Waals surface area (Å²) in [7, 11) is 0. The number of aliphatic hydroxyl groups is 1. The third-order valence-electron chi connectivity index (χ3n) is 5.06. The molecule has 0 fully saturated rings. The molecular weight excluding hydrogens is 421 g/mol. The van der Waals surface area contributed by atoms with E-state index in [0.717, 1.165) is 40.5 Å².